The van der Waals surface area contributed by atoms with Gasteiger partial charge in [0, 0.05) is 5.75 Å². The fraction of sp³-hybridized carbons (Fsp3) is 0.400. The SMILES string of the molecule is CCCCSc1nnc(C(F)F)n1/N=C\c1ccc(C)cc1. The summed E-state index contributed by atoms with van der Waals surface area (Å²) in [5.74, 6) is 0.375. The molecule has 0 aliphatic rings. The molecule has 0 radical (unpaired) electrons. The first-order valence-electron chi connectivity index (χ1n) is 7.09. The Kier molecular flexibility index (Phi) is 6.06. The van der Waals surface area contributed by atoms with E-state index in [9.17, 15) is 8.78 Å². The van der Waals surface area contributed by atoms with E-state index in [0.717, 1.165) is 34.4 Å². The quantitative estimate of drug-likeness (QED) is 0.433. The highest BCUT2D eigenvalue weighted by Crippen LogP contribution is 2.23. The number of unbranched alkanes of at least 4 members (excludes halogenated alkanes) is 1. The lowest BCUT2D eigenvalue weighted by Crippen LogP contribution is -2.01. The van der Waals surface area contributed by atoms with Crippen LogP contribution in [-0.2, 0) is 0 Å². The van der Waals surface area contributed by atoms with Crippen LogP contribution < -0.4 is 0 Å². The number of alkyl halides is 2. The summed E-state index contributed by atoms with van der Waals surface area (Å²) in [5, 5.41) is 11.9. The maximum atomic E-state index is 13.0. The molecule has 22 heavy (non-hydrogen) atoms. The first-order valence-corrected chi connectivity index (χ1v) is 8.07. The van der Waals surface area contributed by atoms with E-state index in [1.807, 2.05) is 31.2 Å². The number of benzene rings is 1. The Morgan fingerprint density at radius 2 is 2.00 bits per heavy atom. The smallest absolute Gasteiger partial charge is 0.201 e. The highest BCUT2D eigenvalue weighted by Gasteiger charge is 2.20. The Hall–Kier alpha value is -1.76. The third-order valence-electron chi connectivity index (χ3n) is 2.96. The van der Waals surface area contributed by atoms with Crippen LogP contribution in [0.15, 0.2) is 34.5 Å². The summed E-state index contributed by atoms with van der Waals surface area (Å²) < 4.78 is 27.1. The van der Waals surface area contributed by atoms with Crippen LogP contribution in [0.25, 0.3) is 0 Å². The minimum Gasteiger partial charge on any atom is -0.201 e. The summed E-state index contributed by atoms with van der Waals surface area (Å²) in [7, 11) is 0. The Labute approximate surface area is 132 Å². The van der Waals surface area contributed by atoms with Crippen molar-refractivity contribution in [1.29, 1.82) is 0 Å². The van der Waals surface area contributed by atoms with E-state index in [2.05, 4.69) is 22.2 Å². The van der Waals surface area contributed by atoms with Gasteiger partial charge in [0.25, 0.3) is 6.43 Å². The predicted molar refractivity (Wildman–Crippen MR) is 84.8 cm³/mol. The number of rotatable bonds is 7. The monoisotopic (exact) mass is 324 g/mol. The maximum Gasteiger partial charge on any atom is 0.299 e. The van der Waals surface area contributed by atoms with Gasteiger partial charge in [0.2, 0.25) is 11.0 Å². The zero-order valence-electron chi connectivity index (χ0n) is 12.5. The fourth-order valence-corrected chi connectivity index (χ4v) is 2.67. The molecule has 0 atom stereocenters. The third-order valence-corrected chi connectivity index (χ3v) is 3.97. The minimum absolute atomic E-state index is 0.395. The molecule has 0 aliphatic carbocycles. The Bertz CT molecular complexity index is 623. The topological polar surface area (TPSA) is 43.1 Å². The van der Waals surface area contributed by atoms with Crippen LogP contribution in [0.2, 0.25) is 0 Å². The highest BCUT2D eigenvalue weighted by atomic mass is 32.2. The van der Waals surface area contributed by atoms with E-state index in [4.69, 9.17) is 0 Å². The Morgan fingerprint density at radius 1 is 1.27 bits per heavy atom. The van der Waals surface area contributed by atoms with Crippen molar-refractivity contribution in [3.8, 4) is 0 Å². The first-order chi connectivity index (χ1) is 10.6. The average molecular weight is 324 g/mol. The van der Waals surface area contributed by atoms with Gasteiger partial charge in [0.15, 0.2) is 0 Å². The van der Waals surface area contributed by atoms with Crippen molar-refractivity contribution in [2.75, 3.05) is 5.75 Å². The molecule has 0 aliphatic heterocycles. The average Bonchev–Trinajstić information content (AvgIpc) is 2.90. The molecule has 0 unspecified atom stereocenters. The lowest BCUT2D eigenvalue weighted by atomic mass is 10.2. The largest absolute Gasteiger partial charge is 0.299 e. The van der Waals surface area contributed by atoms with Gasteiger partial charge in [0.05, 0.1) is 6.21 Å². The number of thioether (sulfide) groups is 1. The van der Waals surface area contributed by atoms with Crippen LogP contribution >= 0.6 is 11.8 Å². The van der Waals surface area contributed by atoms with Gasteiger partial charge in [-0.15, -0.1) is 10.2 Å². The molecule has 1 aromatic heterocycles. The van der Waals surface area contributed by atoms with Crippen LogP contribution in [-0.4, -0.2) is 26.8 Å². The van der Waals surface area contributed by atoms with Crippen LogP contribution in [0, 0.1) is 6.92 Å². The summed E-state index contributed by atoms with van der Waals surface area (Å²) in [6.07, 6.45) is 0.861. The van der Waals surface area contributed by atoms with Crippen molar-refractivity contribution in [2.45, 2.75) is 38.3 Å². The number of aryl methyl sites for hydroxylation is 1. The number of nitrogens with zero attached hydrogens (tertiary/aromatic N) is 4. The van der Waals surface area contributed by atoms with Crippen LogP contribution in [0.4, 0.5) is 8.78 Å². The molecule has 0 fully saturated rings. The summed E-state index contributed by atoms with van der Waals surface area (Å²) >= 11 is 1.39. The van der Waals surface area contributed by atoms with E-state index >= 15 is 0 Å². The lowest BCUT2D eigenvalue weighted by Gasteiger charge is -2.03. The molecule has 1 heterocycles. The number of halogens is 2. The molecule has 0 saturated carbocycles. The van der Waals surface area contributed by atoms with Crippen molar-refractivity contribution in [2.24, 2.45) is 5.10 Å². The zero-order chi connectivity index (χ0) is 15.9. The van der Waals surface area contributed by atoms with Crippen LogP contribution in [0.1, 0.15) is 43.1 Å². The van der Waals surface area contributed by atoms with E-state index in [0.29, 0.717) is 5.16 Å². The van der Waals surface area contributed by atoms with E-state index in [1.165, 1.54) is 11.8 Å². The lowest BCUT2D eigenvalue weighted by molar-refractivity contribution is 0.135. The van der Waals surface area contributed by atoms with Gasteiger partial charge in [-0.1, -0.05) is 54.9 Å². The Morgan fingerprint density at radius 3 is 2.64 bits per heavy atom. The van der Waals surface area contributed by atoms with Crippen molar-refractivity contribution in [3.63, 3.8) is 0 Å². The molecule has 0 saturated heterocycles. The normalized spacial score (nSPS) is 11.7. The van der Waals surface area contributed by atoms with Gasteiger partial charge in [-0.05, 0) is 18.9 Å². The molecule has 7 heteroatoms. The highest BCUT2D eigenvalue weighted by molar-refractivity contribution is 7.99. The Balaban J connectivity index is 2.22. The van der Waals surface area contributed by atoms with Gasteiger partial charge < -0.3 is 0 Å². The van der Waals surface area contributed by atoms with Crippen molar-refractivity contribution in [3.05, 3.63) is 41.2 Å². The zero-order valence-corrected chi connectivity index (χ0v) is 13.4. The van der Waals surface area contributed by atoms with Crippen molar-refractivity contribution in [1.82, 2.24) is 14.9 Å². The number of hydrogen-bond donors (Lipinski definition) is 0. The van der Waals surface area contributed by atoms with Crippen LogP contribution in [0.3, 0.4) is 0 Å². The fourth-order valence-electron chi connectivity index (χ4n) is 1.70. The maximum absolute atomic E-state index is 13.0. The third kappa shape index (κ3) is 4.37. The van der Waals surface area contributed by atoms with Gasteiger partial charge in [0.1, 0.15) is 0 Å². The van der Waals surface area contributed by atoms with E-state index < -0.39 is 12.2 Å². The standard InChI is InChI=1S/C15H18F2N4S/c1-3-4-9-22-15-20-19-14(13(16)17)21(15)18-10-12-7-5-11(2)6-8-12/h5-8,10,13H,3-4,9H2,1-2H3/b18-10-. The summed E-state index contributed by atoms with van der Waals surface area (Å²) in [6.45, 7) is 4.06. The van der Waals surface area contributed by atoms with E-state index in [1.54, 1.807) is 6.21 Å². The second-order valence-electron chi connectivity index (χ2n) is 4.81. The van der Waals surface area contributed by atoms with Gasteiger partial charge in [-0.2, -0.15) is 9.78 Å². The molecule has 0 bridgehead atoms. The van der Waals surface area contributed by atoms with Crippen LogP contribution in [0.5, 0.6) is 0 Å². The molecule has 0 amide bonds. The molecular formula is C15H18F2N4S. The number of aromatic nitrogens is 3. The molecule has 0 spiro atoms. The second-order valence-corrected chi connectivity index (χ2v) is 5.87. The molecule has 2 rings (SSSR count). The summed E-state index contributed by atoms with van der Waals surface area (Å²) in [6, 6.07) is 7.65. The predicted octanol–water partition coefficient (Wildman–Crippen LogP) is 4.30. The number of hydrogen-bond acceptors (Lipinski definition) is 4. The van der Waals surface area contributed by atoms with E-state index in [-0.39, 0.29) is 0 Å². The van der Waals surface area contributed by atoms with Crippen molar-refractivity contribution >= 4 is 18.0 Å². The van der Waals surface area contributed by atoms with Gasteiger partial charge in [-0.3, -0.25) is 0 Å². The molecule has 1 aromatic carbocycles. The molecule has 0 N–H and O–H groups in total. The molecule has 118 valence electrons. The second kappa shape index (κ2) is 8.03. The van der Waals surface area contributed by atoms with Crippen molar-refractivity contribution < 1.29 is 8.78 Å². The molecule has 4 nitrogen and oxygen atoms in total. The first kappa shape index (κ1) is 16.6. The van der Waals surface area contributed by atoms with Gasteiger partial charge >= 0.3 is 0 Å². The summed E-state index contributed by atoms with van der Waals surface area (Å²) in [5.41, 5.74) is 1.97. The molecule has 2 aromatic rings. The molecular weight excluding hydrogens is 306 g/mol. The van der Waals surface area contributed by atoms with Gasteiger partial charge in [-0.25, -0.2) is 8.78 Å². The minimum atomic E-state index is -2.71. The summed E-state index contributed by atoms with van der Waals surface area (Å²) in [4.78, 5) is 0.